The van der Waals surface area contributed by atoms with Gasteiger partial charge in [0.1, 0.15) is 0 Å². The van der Waals surface area contributed by atoms with Gasteiger partial charge in [-0.3, -0.25) is 9.69 Å². The molecule has 1 aromatic heterocycles. The van der Waals surface area contributed by atoms with Crippen molar-refractivity contribution in [3.8, 4) is 0 Å². The molecule has 2 heterocycles. The first-order valence-electron chi connectivity index (χ1n) is 6.55. The molecule has 0 radical (unpaired) electrons. The zero-order valence-corrected chi connectivity index (χ0v) is 11.9. The van der Waals surface area contributed by atoms with Crippen LogP contribution in [0.4, 0.5) is 0 Å². The molecule has 1 aliphatic rings. The summed E-state index contributed by atoms with van der Waals surface area (Å²) in [6, 6.07) is 0. The molecule has 19 heavy (non-hydrogen) atoms. The Morgan fingerprint density at radius 2 is 2.16 bits per heavy atom. The highest BCUT2D eigenvalue weighted by Gasteiger charge is 2.35. The van der Waals surface area contributed by atoms with Crippen LogP contribution in [-0.2, 0) is 16.8 Å². The first kappa shape index (κ1) is 14.0. The molecular weight excluding hydrogens is 246 g/mol. The number of likely N-dealkylation sites (tertiary alicyclic amines) is 1. The van der Waals surface area contributed by atoms with Crippen LogP contribution in [0.5, 0.6) is 0 Å². The van der Waals surface area contributed by atoms with E-state index in [2.05, 4.69) is 15.0 Å². The number of hydrogen-bond donors (Lipinski definition) is 1. The molecule has 2 atom stereocenters. The lowest BCUT2D eigenvalue weighted by atomic mass is 9.97. The maximum absolute atomic E-state index is 11.1. The largest absolute Gasteiger partial charge is 0.481 e. The SMILES string of the molecule is C[C@@H]1CN(Cc2noc(C(C)(C)C)n2)C[C@H]1C(=O)O. The number of aromatic nitrogens is 2. The van der Waals surface area contributed by atoms with E-state index in [9.17, 15) is 4.79 Å². The van der Waals surface area contributed by atoms with Crippen LogP contribution in [0, 0.1) is 11.8 Å². The molecule has 1 saturated heterocycles. The fourth-order valence-corrected chi connectivity index (χ4v) is 2.34. The Labute approximate surface area is 112 Å². The fourth-order valence-electron chi connectivity index (χ4n) is 2.34. The second-order valence-electron chi connectivity index (χ2n) is 6.38. The van der Waals surface area contributed by atoms with Crippen molar-refractivity contribution in [3.05, 3.63) is 11.7 Å². The highest BCUT2D eigenvalue weighted by atomic mass is 16.5. The number of hydrogen-bond acceptors (Lipinski definition) is 5. The second kappa shape index (κ2) is 4.92. The van der Waals surface area contributed by atoms with Gasteiger partial charge in [0.25, 0.3) is 0 Å². The molecule has 0 unspecified atom stereocenters. The number of nitrogens with zero attached hydrogens (tertiary/aromatic N) is 3. The van der Waals surface area contributed by atoms with Crippen LogP contribution in [0.25, 0.3) is 0 Å². The third kappa shape index (κ3) is 3.12. The predicted molar refractivity (Wildman–Crippen MR) is 68.6 cm³/mol. The molecular formula is C13H21N3O3. The van der Waals surface area contributed by atoms with Gasteiger partial charge >= 0.3 is 5.97 Å². The van der Waals surface area contributed by atoms with E-state index in [0.29, 0.717) is 24.8 Å². The monoisotopic (exact) mass is 267 g/mol. The van der Waals surface area contributed by atoms with Crippen LogP contribution in [0.15, 0.2) is 4.52 Å². The van der Waals surface area contributed by atoms with E-state index in [0.717, 1.165) is 6.54 Å². The third-order valence-corrected chi connectivity index (χ3v) is 3.48. The first-order valence-corrected chi connectivity index (χ1v) is 6.55. The van der Waals surface area contributed by atoms with Crippen molar-refractivity contribution in [3.63, 3.8) is 0 Å². The standard InChI is InChI=1S/C13H21N3O3/c1-8-5-16(6-9(8)11(17)18)7-10-14-12(19-15-10)13(2,3)4/h8-9H,5-7H2,1-4H3,(H,17,18)/t8-,9-/m1/s1. The number of aliphatic carboxylic acids is 1. The zero-order valence-electron chi connectivity index (χ0n) is 11.9. The van der Waals surface area contributed by atoms with E-state index >= 15 is 0 Å². The summed E-state index contributed by atoms with van der Waals surface area (Å²) in [7, 11) is 0. The number of rotatable bonds is 3. The van der Waals surface area contributed by atoms with E-state index in [1.807, 2.05) is 27.7 Å². The molecule has 0 amide bonds. The minimum absolute atomic E-state index is 0.159. The summed E-state index contributed by atoms with van der Waals surface area (Å²) in [6.45, 7) is 9.88. The molecule has 0 bridgehead atoms. The number of carbonyl (C=O) groups is 1. The van der Waals surface area contributed by atoms with Crippen LogP contribution >= 0.6 is 0 Å². The van der Waals surface area contributed by atoms with Gasteiger partial charge in [0.15, 0.2) is 5.82 Å². The summed E-state index contributed by atoms with van der Waals surface area (Å²) >= 11 is 0. The maximum atomic E-state index is 11.1. The van der Waals surface area contributed by atoms with Crippen LogP contribution in [-0.4, -0.2) is 39.2 Å². The minimum Gasteiger partial charge on any atom is -0.481 e. The Morgan fingerprint density at radius 3 is 2.63 bits per heavy atom. The van der Waals surface area contributed by atoms with Gasteiger partial charge in [0.05, 0.1) is 12.5 Å². The Morgan fingerprint density at radius 1 is 1.47 bits per heavy atom. The normalized spacial score (nSPS) is 24.8. The molecule has 1 N–H and O–H groups in total. The van der Waals surface area contributed by atoms with E-state index in [-0.39, 0.29) is 17.3 Å². The first-order chi connectivity index (χ1) is 8.77. The van der Waals surface area contributed by atoms with Crippen molar-refractivity contribution in [2.75, 3.05) is 13.1 Å². The van der Waals surface area contributed by atoms with Crippen molar-refractivity contribution in [1.29, 1.82) is 0 Å². The Kier molecular flexibility index (Phi) is 3.62. The van der Waals surface area contributed by atoms with Crippen molar-refractivity contribution >= 4 is 5.97 Å². The molecule has 2 rings (SSSR count). The summed E-state index contributed by atoms with van der Waals surface area (Å²) in [5, 5.41) is 13.1. The van der Waals surface area contributed by atoms with Gasteiger partial charge in [-0.1, -0.05) is 32.9 Å². The van der Waals surface area contributed by atoms with Crippen molar-refractivity contribution < 1.29 is 14.4 Å². The summed E-state index contributed by atoms with van der Waals surface area (Å²) in [5.74, 6) is 0.381. The molecule has 1 fully saturated rings. The molecule has 1 aliphatic heterocycles. The molecule has 1 aromatic rings. The quantitative estimate of drug-likeness (QED) is 0.894. The molecule has 0 aromatic carbocycles. The van der Waals surface area contributed by atoms with Crippen molar-refractivity contribution in [2.45, 2.75) is 39.7 Å². The lowest BCUT2D eigenvalue weighted by molar-refractivity contribution is -0.142. The molecule has 0 spiro atoms. The van der Waals surface area contributed by atoms with Gasteiger partial charge in [-0.05, 0) is 5.92 Å². The number of carboxylic acids is 1. The van der Waals surface area contributed by atoms with E-state index in [1.165, 1.54) is 0 Å². The van der Waals surface area contributed by atoms with Gasteiger partial charge in [-0.2, -0.15) is 4.98 Å². The van der Waals surface area contributed by atoms with Crippen molar-refractivity contribution in [1.82, 2.24) is 15.0 Å². The van der Waals surface area contributed by atoms with Crippen LogP contribution in [0.1, 0.15) is 39.4 Å². The molecule has 6 heteroatoms. The lowest BCUT2D eigenvalue weighted by Gasteiger charge is -2.12. The van der Waals surface area contributed by atoms with Gasteiger partial charge in [0.2, 0.25) is 5.89 Å². The minimum atomic E-state index is -0.724. The topological polar surface area (TPSA) is 79.5 Å². The smallest absolute Gasteiger partial charge is 0.308 e. The van der Waals surface area contributed by atoms with Gasteiger partial charge in [-0.25, -0.2) is 0 Å². The van der Waals surface area contributed by atoms with E-state index in [4.69, 9.17) is 9.63 Å². The average Bonchev–Trinajstić information content (AvgIpc) is 2.85. The van der Waals surface area contributed by atoms with Crippen molar-refractivity contribution in [2.24, 2.45) is 11.8 Å². The summed E-state index contributed by atoms with van der Waals surface area (Å²) in [5.41, 5.74) is -0.160. The molecule has 0 saturated carbocycles. The van der Waals surface area contributed by atoms with Gasteiger partial charge < -0.3 is 9.63 Å². The number of carboxylic acid groups (broad SMARTS) is 1. The average molecular weight is 267 g/mol. The molecule has 6 nitrogen and oxygen atoms in total. The fraction of sp³-hybridized carbons (Fsp3) is 0.769. The lowest BCUT2D eigenvalue weighted by Crippen LogP contribution is -2.23. The second-order valence-corrected chi connectivity index (χ2v) is 6.38. The Balaban J connectivity index is 1.99. The zero-order chi connectivity index (χ0) is 14.2. The highest BCUT2D eigenvalue weighted by molar-refractivity contribution is 5.71. The van der Waals surface area contributed by atoms with E-state index < -0.39 is 5.97 Å². The van der Waals surface area contributed by atoms with Crippen LogP contribution in [0.3, 0.4) is 0 Å². The summed E-state index contributed by atoms with van der Waals surface area (Å²) < 4.78 is 5.24. The maximum Gasteiger partial charge on any atom is 0.308 e. The highest BCUT2D eigenvalue weighted by Crippen LogP contribution is 2.25. The van der Waals surface area contributed by atoms with E-state index in [1.54, 1.807) is 0 Å². The molecule has 106 valence electrons. The summed E-state index contributed by atoms with van der Waals surface area (Å²) in [4.78, 5) is 17.5. The van der Waals surface area contributed by atoms with Crippen LogP contribution in [0.2, 0.25) is 0 Å². The Bertz CT molecular complexity index is 464. The molecule has 0 aliphatic carbocycles. The van der Waals surface area contributed by atoms with Crippen LogP contribution < -0.4 is 0 Å². The summed E-state index contributed by atoms with van der Waals surface area (Å²) in [6.07, 6.45) is 0. The predicted octanol–water partition coefficient (Wildman–Crippen LogP) is 1.52. The van der Waals surface area contributed by atoms with Gasteiger partial charge in [-0.15, -0.1) is 0 Å². The third-order valence-electron chi connectivity index (χ3n) is 3.48. The Hall–Kier alpha value is -1.43. The van der Waals surface area contributed by atoms with Gasteiger partial charge in [0, 0.05) is 18.5 Å².